The van der Waals surface area contributed by atoms with Crippen molar-refractivity contribution in [2.24, 2.45) is 0 Å². The molecule has 3 aromatic rings. The summed E-state index contributed by atoms with van der Waals surface area (Å²) < 4.78 is 10.2. The van der Waals surface area contributed by atoms with E-state index >= 15 is 0 Å². The summed E-state index contributed by atoms with van der Waals surface area (Å²) in [4.78, 5) is 29.5. The number of benzene rings is 1. The fraction of sp³-hybridized carbons (Fsp3) is 0.222. The van der Waals surface area contributed by atoms with Gasteiger partial charge in [0.25, 0.3) is 5.91 Å². The molecule has 1 aromatic carbocycles. The lowest BCUT2D eigenvalue weighted by Gasteiger charge is -2.12. The van der Waals surface area contributed by atoms with E-state index in [2.05, 4.69) is 15.5 Å². The van der Waals surface area contributed by atoms with E-state index in [1.807, 2.05) is 37.3 Å². The van der Waals surface area contributed by atoms with Gasteiger partial charge in [-0.1, -0.05) is 35.5 Å². The first-order valence-electron chi connectivity index (χ1n) is 7.92. The number of thiazole rings is 1. The van der Waals surface area contributed by atoms with Crippen molar-refractivity contribution in [3.63, 3.8) is 0 Å². The van der Waals surface area contributed by atoms with Crippen LogP contribution in [-0.2, 0) is 9.53 Å². The average Bonchev–Trinajstić information content (AvgIpc) is 3.21. The van der Waals surface area contributed by atoms with E-state index in [1.165, 1.54) is 18.3 Å². The molecule has 0 aliphatic heterocycles. The van der Waals surface area contributed by atoms with Gasteiger partial charge < -0.3 is 14.6 Å². The van der Waals surface area contributed by atoms with Crippen LogP contribution in [0.5, 0.6) is 0 Å². The SMILES string of the molecule is Cc1cc(NC(=O)C(C)OC(=O)c2sc(C)nc2-c2ccccc2)no1. The van der Waals surface area contributed by atoms with Gasteiger partial charge in [0.05, 0.1) is 10.7 Å². The van der Waals surface area contributed by atoms with Crippen molar-refractivity contribution in [2.75, 3.05) is 5.32 Å². The van der Waals surface area contributed by atoms with Crippen LogP contribution in [-0.4, -0.2) is 28.1 Å². The molecule has 0 bridgehead atoms. The predicted octanol–water partition coefficient (Wildman–Crippen LogP) is 3.60. The summed E-state index contributed by atoms with van der Waals surface area (Å²) in [5.74, 6) is -0.242. The van der Waals surface area contributed by atoms with Crippen LogP contribution in [0, 0.1) is 13.8 Å². The van der Waals surface area contributed by atoms with E-state index < -0.39 is 18.0 Å². The maximum atomic E-state index is 12.6. The minimum Gasteiger partial charge on any atom is -0.448 e. The third kappa shape index (κ3) is 3.97. The highest BCUT2D eigenvalue weighted by atomic mass is 32.1. The lowest BCUT2D eigenvalue weighted by atomic mass is 10.1. The molecule has 0 radical (unpaired) electrons. The summed E-state index contributed by atoms with van der Waals surface area (Å²) in [5, 5.41) is 6.96. The maximum absolute atomic E-state index is 12.6. The van der Waals surface area contributed by atoms with Crippen LogP contribution in [0.25, 0.3) is 11.3 Å². The number of rotatable bonds is 5. The second-order valence-corrected chi connectivity index (χ2v) is 6.84. The van der Waals surface area contributed by atoms with Gasteiger partial charge in [0.2, 0.25) is 0 Å². The first kappa shape index (κ1) is 17.8. The number of nitrogens with one attached hydrogen (secondary N) is 1. The van der Waals surface area contributed by atoms with Gasteiger partial charge in [0, 0.05) is 11.6 Å². The Morgan fingerprint density at radius 3 is 2.62 bits per heavy atom. The molecule has 8 heteroatoms. The predicted molar refractivity (Wildman–Crippen MR) is 97.0 cm³/mol. The fourth-order valence-corrected chi connectivity index (χ4v) is 3.10. The van der Waals surface area contributed by atoms with Crippen LogP contribution in [0.2, 0.25) is 0 Å². The van der Waals surface area contributed by atoms with E-state index in [0.29, 0.717) is 16.3 Å². The molecular formula is C18H17N3O4S. The second kappa shape index (κ2) is 7.49. The summed E-state index contributed by atoms with van der Waals surface area (Å²) in [6.45, 7) is 5.02. The minimum absolute atomic E-state index is 0.272. The van der Waals surface area contributed by atoms with Gasteiger partial charge >= 0.3 is 5.97 Å². The molecule has 0 aliphatic rings. The molecule has 0 fully saturated rings. The molecule has 2 aromatic heterocycles. The van der Waals surface area contributed by atoms with Gasteiger partial charge in [-0.2, -0.15) is 0 Å². The molecule has 3 rings (SSSR count). The third-order valence-electron chi connectivity index (χ3n) is 3.50. The van der Waals surface area contributed by atoms with Gasteiger partial charge in [0.15, 0.2) is 11.9 Å². The highest BCUT2D eigenvalue weighted by Gasteiger charge is 2.24. The molecule has 1 atom stereocenters. The topological polar surface area (TPSA) is 94.3 Å². The molecule has 0 saturated heterocycles. The number of nitrogens with zero attached hydrogens (tertiary/aromatic N) is 2. The third-order valence-corrected chi connectivity index (χ3v) is 4.45. The molecule has 0 spiro atoms. The maximum Gasteiger partial charge on any atom is 0.351 e. The zero-order chi connectivity index (χ0) is 18.7. The molecule has 7 nitrogen and oxygen atoms in total. The molecule has 0 saturated carbocycles. The number of hydrogen-bond donors (Lipinski definition) is 1. The van der Waals surface area contributed by atoms with Crippen molar-refractivity contribution in [2.45, 2.75) is 26.9 Å². The van der Waals surface area contributed by atoms with Gasteiger partial charge in [0.1, 0.15) is 10.6 Å². The number of carbonyl (C=O) groups excluding carboxylic acids is 2. The van der Waals surface area contributed by atoms with Gasteiger partial charge in [-0.05, 0) is 20.8 Å². The second-order valence-electron chi connectivity index (χ2n) is 5.64. The van der Waals surface area contributed by atoms with E-state index in [9.17, 15) is 9.59 Å². The lowest BCUT2D eigenvalue weighted by Crippen LogP contribution is -2.30. The Balaban J connectivity index is 1.73. The first-order chi connectivity index (χ1) is 12.4. The summed E-state index contributed by atoms with van der Waals surface area (Å²) in [6, 6.07) is 10.9. The molecule has 0 aliphatic carbocycles. The molecule has 1 unspecified atom stereocenters. The highest BCUT2D eigenvalue weighted by Crippen LogP contribution is 2.28. The zero-order valence-electron chi connectivity index (χ0n) is 14.5. The largest absolute Gasteiger partial charge is 0.448 e. The van der Waals surface area contributed by atoms with E-state index in [1.54, 1.807) is 13.0 Å². The Labute approximate surface area is 154 Å². The van der Waals surface area contributed by atoms with Gasteiger partial charge in [-0.3, -0.25) is 4.79 Å². The Morgan fingerprint density at radius 1 is 1.23 bits per heavy atom. The van der Waals surface area contributed by atoms with Crippen LogP contribution >= 0.6 is 11.3 Å². The first-order valence-corrected chi connectivity index (χ1v) is 8.73. The zero-order valence-corrected chi connectivity index (χ0v) is 15.3. The molecule has 1 N–H and O–H groups in total. The monoisotopic (exact) mass is 371 g/mol. The van der Waals surface area contributed by atoms with Crippen molar-refractivity contribution in [3.8, 4) is 11.3 Å². The number of esters is 1. The van der Waals surface area contributed by atoms with Crippen LogP contribution in [0.15, 0.2) is 40.9 Å². The van der Waals surface area contributed by atoms with Crippen molar-refractivity contribution < 1.29 is 18.8 Å². The molecule has 2 heterocycles. The lowest BCUT2D eigenvalue weighted by molar-refractivity contribution is -0.123. The number of ether oxygens (including phenoxy) is 1. The van der Waals surface area contributed by atoms with E-state index in [-0.39, 0.29) is 5.82 Å². The molecule has 26 heavy (non-hydrogen) atoms. The quantitative estimate of drug-likeness (QED) is 0.689. The molecule has 1 amide bonds. The van der Waals surface area contributed by atoms with Gasteiger partial charge in [-0.15, -0.1) is 11.3 Å². The molecular weight excluding hydrogens is 354 g/mol. The number of anilines is 1. The molecule has 134 valence electrons. The number of aromatic nitrogens is 2. The van der Waals surface area contributed by atoms with Crippen molar-refractivity contribution in [3.05, 3.63) is 52.0 Å². The minimum atomic E-state index is -0.995. The normalized spacial score (nSPS) is 11.8. The smallest absolute Gasteiger partial charge is 0.351 e. The fourth-order valence-electron chi connectivity index (χ4n) is 2.28. The van der Waals surface area contributed by atoms with Crippen molar-refractivity contribution >= 4 is 29.0 Å². The number of amides is 1. The van der Waals surface area contributed by atoms with Crippen molar-refractivity contribution in [1.29, 1.82) is 0 Å². The number of carbonyl (C=O) groups is 2. The Morgan fingerprint density at radius 2 is 1.96 bits per heavy atom. The number of hydrogen-bond acceptors (Lipinski definition) is 7. The van der Waals surface area contributed by atoms with E-state index in [0.717, 1.165) is 10.6 Å². The average molecular weight is 371 g/mol. The standard InChI is InChI=1S/C18H17N3O4S/c1-10-9-14(21-25-10)20-17(22)11(2)24-18(23)16-15(19-12(3)26-16)13-7-5-4-6-8-13/h4-9,11H,1-3H3,(H,20,21,22). The highest BCUT2D eigenvalue weighted by molar-refractivity contribution is 7.14. The van der Waals surface area contributed by atoms with Crippen LogP contribution in [0.4, 0.5) is 5.82 Å². The Bertz CT molecular complexity index is 933. The van der Waals surface area contributed by atoms with E-state index in [4.69, 9.17) is 9.26 Å². The summed E-state index contributed by atoms with van der Waals surface area (Å²) in [6.07, 6.45) is -0.995. The summed E-state index contributed by atoms with van der Waals surface area (Å²) in [7, 11) is 0. The Kier molecular flexibility index (Phi) is 5.13. The van der Waals surface area contributed by atoms with Crippen LogP contribution < -0.4 is 5.32 Å². The van der Waals surface area contributed by atoms with Crippen LogP contribution in [0.1, 0.15) is 27.4 Å². The van der Waals surface area contributed by atoms with Gasteiger partial charge in [-0.25, -0.2) is 9.78 Å². The Hall–Kier alpha value is -3.00. The van der Waals surface area contributed by atoms with Crippen molar-refractivity contribution in [1.82, 2.24) is 10.1 Å². The summed E-state index contributed by atoms with van der Waals surface area (Å²) >= 11 is 1.23. The van der Waals surface area contributed by atoms with Crippen LogP contribution in [0.3, 0.4) is 0 Å². The number of aryl methyl sites for hydroxylation is 2. The summed E-state index contributed by atoms with van der Waals surface area (Å²) in [5.41, 5.74) is 1.37.